The summed E-state index contributed by atoms with van der Waals surface area (Å²) in [5, 5.41) is 9.82. The van der Waals surface area contributed by atoms with Crippen molar-refractivity contribution in [3.05, 3.63) is 59.7 Å². The molecule has 3 rings (SSSR count). The Morgan fingerprint density at radius 3 is 2.33 bits per heavy atom. The van der Waals surface area contributed by atoms with Gasteiger partial charge in [0.1, 0.15) is 23.7 Å². The third-order valence-corrected chi connectivity index (χ3v) is 6.57. The zero-order valence-electron chi connectivity index (χ0n) is 14.4. The molecule has 5 nitrogen and oxygen atoms in total. The van der Waals surface area contributed by atoms with E-state index in [0.717, 1.165) is 18.2 Å². The van der Waals surface area contributed by atoms with Crippen molar-refractivity contribution in [2.45, 2.75) is 10.8 Å². The van der Waals surface area contributed by atoms with Crippen molar-refractivity contribution in [1.82, 2.24) is 4.90 Å². The van der Waals surface area contributed by atoms with Gasteiger partial charge in [-0.15, -0.1) is 0 Å². The van der Waals surface area contributed by atoms with E-state index in [9.17, 15) is 27.1 Å². The van der Waals surface area contributed by atoms with Gasteiger partial charge in [0.15, 0.2) is 9.84 Å². The lowest BCUT2D eigenvalue weighted by Crippen LogP contribution is -2.50. The summed E-state index contributed by atoms with van der Waals surface area (Å²) in [6.07, 6.45) is 0.690. The minimum absolute atomic E-state index is 0.0529. The average Bonchev–Trinajstić information content (AvgIpc) is 2.58. The molecular weight excluding hydrogens is 376 g/mol. The Labute approximate surface area is 156 Å². The molecule has 0 amide bonds. The zero-order valence-corrected chi connectivity index (χ0v) is 15.2. The number of phenols is 1. The highest BCUT2D eigenvalue weighted by Gasteiger charge is 2.33. The summed E-state index contributed by atoms with van der Waals surface area (Å²) in [5.74, 6) is -2.12. The van der Waals surface area contributed by atoms with E-state index in [0.29, 0.717) is 31.5 Å². The van der Waals surface area contributed by atoms with E-state index in [4.69, 9.17) is 0 Å². The molecule has 1 aliphatic rings. The predicted molar refractivity (Wildman–Crippen MR) is 95.3 cm³/mol. The first-order valence-corrected chi connectivity index (χ1v) is 10.1. The van der Waals surface area contributed by atoms with Crippen LogP contribution in [0.2, 0.25) is 0 Å². The van der Waals surface area contributed by atoms with Gasteiger partial charge in [0.2, 0.25) is 0 Å². The molecule has 1 heterocycles. The molecule has 2 aromatic carbocycles. The van der Waals surface area contributed by atoms with Crippen LogP contribution >= 0.6 is 0 Å². The number of aromatic hydroxyl groups is 1. The number of sulfone groups is 1. The number of nitrogens with zero attached hydrogens (tertiary/aromatic N) is 1. The van der Waals surface area contributed by atoms with Gasteiger partial charge in [0, 0.05) is 31.3 Å². The van der Waals surface area contributed by atoms with E-state index < -0.39 is 27.4 Å². The summed E-state index contributed by atoms with van der Waals surface area (Å²) < 4.78 is 50.8. The first kappa shape index (κ1) is 19.4. The lowest BCUT2D eigenvalue weighted by Gasteiger charge is -2.40. The van der Waals surface area contributed by atoms with Crippen molar-refractivity contribution in [2.24, 2.45) is 5.92 Å². The number of hydrogen-bond donors (Lipinski definition) is 1. The molecule has 8 heteroatoms. The predicted octanol–water partition coefficient (Wildman–Crippen LogP) is 2.36. The molecule has 0 spiro atoms. The van der Waals surface area contributed by atoms with Gasteiger partial charge in [0.25, 0.3) is 0 Å². The number of likely N-dealkylation sites (tertiary alicyclic amines) is 1. The molecule has 0 bridgehead atoms. The maximum atomic E-state index is 13.1. The summed E-state index contributed by atoms with van der Waals surface area (Å²) in [4.78, 5) is 13.4. The van der Waals surface area contributed by atoms with Crippen LogP contribution in [-0.4, -0.2) is 50.1 Å². The molecule has 0 aromatic heterocycles. The Bertz CT molecular complexity index is 925. The molecule has 1 unspecified atom stereocenters. The molecule has 1 atom stereocenters. The normalized spacial score (nSPS) is 16.7. The minimum Gasteiger partial charge on any atom is -0.508 e. The van der Waals surface area contributed by atoms with Crippen LogP contribution in [-0.2, 0) is 14.6 Å². The van der Waals surface area contributed by atoms with Crippen molar-refractivity contribution in [3.8, 4) is 5.75 Å². The smallest absolute Gasteiger partial charge is 0.178 e. The van der Waals surface area contributed by atoms with Gasteiger partial charge >= 0.3 is 0 Å². The van der Waals surface area contributed by atoms with Gasteiger partial charge in [-0.1, -0.05) is 6.07 Å². The van der Waals surface area contributed by atoms with Gasteiger partial charge in [-0.3, -0.25) is 0 Å². The molecule has 0 radical (unpaired) electrons. The Kier molecular flexibility index (Phi) is 5.57. The summed E-state index contributed by atoms with van der Waals surface area (Å²) in [6.45, 7) is 1.30. The molecule has 144 valence electrons. The van der Waals surface area contributed by atoms with Crippen molar-refractivity contribution < 1.29 is 27.1 Å². The highest BCUT2D eigenvalue weighted by Crippen LogP contribution is 2.29. The van der Waals surface area contributed by atoms with E-state index in [2.05, 4.69) is 0 Å². The Morgan fingerprint density at radius 1 is 1.11 bits per heavy atom. The van der Waals surface area contributed by atoms with Crippen molar-refractivity contribution in [3.63, 3.8) is 0 Å². The largest absolute Gasteiger partial charge is 0.508 e. The molecule has 0 saturated carbocycles. The van der Waals surface area contributed by atoms with Gasteiger partial charge in [-0.2, -0.15) is 0 Å². The van der Waals surface area contributed by atoms with E-state index in [1.807, 2.05) is 4.90 Å². The van der Waals surface area contributed by atoms with Crippen molar-refractivity contribution >= 4 is 16.1 Å². The summed E-state index contributed by atoms with van der Waals surface area (Å²) in [6, 6.07) is 8.25. The Hall–Kier alpha value is -2.32. The highest BCUT2D eigenvalue weighted by atomic mass is 32.2. The van der Waals surface area contributed by atoms with Crippen LogP contribution in [0.3, 0.4) is 0 Å². The standard InChI is InChI=1S/C19H19F2NO4S/c20-15-1-4-17(5-2-15)27(25,26)12-13-8-22(9-13)10-14(11-23)18-6-3-16(21)7-19(18)24/h1-7,11,13-14,24H,8-10,12H2. The lowest BCUT2D eigenvalue weighted by molar-refractivity contribution is -0.109. The second kappa shape index (κ2) is 7.74. The molecule has 27 heavy (non-hydrogen) atoms. The van der Waals surface area contributed by atoms with Crippen molar-refractivity contribution in [2.75, 3.05) is 25.4 Å². The van der Waals surface area contributed by atoms with Crippen LogP contribution in [0.1, 0.15) is 11.5 Å². The van der Waals surface area contributed by atoms with Gasteiger partial charge in [-0.05, 0) is 36.2 Å². The molecule has 2 aromatic rings. The fourth-order valence-electron chi connectivity index (χ4n) is 3.30. The van der Waals surface area contributed by atoms with Gasteiger partial charge in [0.05, 0.1) is 16.6 Å². The first-order chi connectivity index (χ1) is 12.8. The second-order valence-electron chi connectivity index (χ2n) is 6.77. The first-order valence-electron chi connectivity index (χ1n) is 8.43. The number of rotatable bonds is 7. The monoisotopic (exact) mass is 395 g/mol. The SMILES string of the molecule is O=CC(CN1CC(CS(=O)(=O)c2ccc(F)cc2)C1)c1ccc(F)cc1O. The fraction of sp³-hybridized carbons (Fsp3) is 0.316. The number of halogens is 2. The Balaban J connectivity index is 1.57. The third kappa shape index (κ3) is 4.51. The maximum absolute atomic E-state index is 13.1. The number of carbonyl (C=O) groups excluding carboxylic acids is 1. The molecular formula is C19H19F2NO4S. The van der Waals surface area contributed by atoms with Crippen LogP contribution in [0, 0.1) is 17.6 Å². The van der Waals surface area contributed by atoms with Crippen molar-refractivity contribution in [1.29, 1.82) is 0 Å². The van der Waals surface area contributed by atoms with Gasteiger partial charge in [-0.25, -0.2) is 17.2 Å². The van der Waals surface area contributed by atoms with E-state index in [-0.39, 0.29) is 22.3 Å². The Morgan fingerprint density at radius 2 is 1.74 bits per heavy atom. The minimum atomic E-state index is -3.50. The van der Waals surface area contributed by atoms with E-state index in [1.165, 1.54) is 24.3 Å². The van der Waals surface area contributed by atoms with Gasteiger partial charge < -0.3 is 14.8 Å². The number of hydrogen-bond acceptors (Lipinski definition) is 5. The highest BCUT2D eigenvalue weighted by molar-refractivity contribution is 7.91. The number of aldehydes is 1. The zero-order chi connectivity index (χ0) is 19.6. The quantitative estimate of drug-likeness (QED) is 0.576. The molecule has 1 aliphatic heterocycles. The fourth-order valence-corrected chi connectivity index (χ4v) is 4.88. The van der Waals surface area contributed by atoms with E-state index >= 15 is 0 Å². The lowest BCUT2D eigenvalue weighted by atomic mass is 9.95. The topological polar surface area (TPSA) is 74.7 Å². The molecule has 0 aliphatic carbocycles. The summed E-state index contributed by atoms with van der Waals surface area (Å²) in [5.41, 5.74) is 0.341. The third-order valence-electron chi connectivity index (χ3n) is 4.67. The van der Waals surface area contributed by atoms with Crippen LogP contribution in [0.4, 0.5) is 8.78 Å². The summed E-state index contributed by atoms with van der Waals surface area (Å²) in [7, 11) is -3.50. The number of benzene rings is 2. The number of phenolic OH excluding ortho intramolecular Hbond substituents is 1. The van der Waals surface area contributed by atoms with E-state index in [1.54, 1.807) is 0 Å². The van der Waals surface area contributed by atoms with Crippen LogP contribution in [0.15, 0.2) is 47.4 Å². The van der Waals surface area contributed by atoms with Crippen LogP contribution in [0.25, 0.3) is 0 Å². The van der Waals surface area contributed by atoms with Crippen LogP contribution in [0.5, 0.6) is 5.75 Å². The molecule has 1 saturated heterocycles. The second-order valence-corrected chi connectivity index (χ2v) is 8.80. The number of carbonyl (C=O) groups is 1. The maximum Gasteiger partial charge on any atom is 0.178 e. The van der Waals surface area contributed by atoms with Crippen LogP contribution < -0.4 is 0 Å². The average molecular weight is 395 g/mol. The summed E-state index contributed by atoms with van der Waals surface area (Å²) >= 11 is 0. The molecule has 1 N–H and O–H groups in total. The molecule has 1 fully saturated rings.